The molecule has 0 aliphatic heterocycles. The SMILES string of the molecule is CC(C)S(=O)(=O)Nc1nc(CN)cs1.Cl. The second-order valence-corrected chi connectivity index (χ2v) is 6.14. The third-order valence-corrected chi connectivity index (χ3v) is 4.27. The Balaban J connectivity index is 0.00000196. The van der Waals surface area contributed by atoms with Gasteiger partial charge in [-0.15, -0.1) is 23.7 Å². The topological polar surface area (TPSA) is 85.1 Å². The molecule has 1 aromatic heterocycles. The van der Waals surface area contributed by atoms with Crippen molar-refractivity contribution in [3.8, 4) is 0 Å². The van der Waals surface area contributed by atoms with Crippen LogP contribution in [0.5, 0.6) is 0 Å². The number of hydrogen-bond acceptors (Lipinski definition) is 5. The van der Waals surface area contributed by atoms with E-state index in [1.165, 1.54) is 11.3 Å². The van der Waals surface area contributed by atoms with Crippen LogP contribution in [0.1, 0.15) is 19.5 Å². The number of thiazole rings is 1. The molecule has 0 saturated heterocycles. The van der Waals surface area contributed by atoms with E-state index in [-0.39, 0.29) is 12.4 Å². The van der Waals surface area contributed by atoms with Crippen molar-refractivity contribution in [2.75, 3.05) is 4.72 Å². The summed E-state index contributed by atoms with van der Waals surface area (Å²) >= 11 is 1.24. The Labute approximate surface area is 99.6 Å². The van der Waals surface area contributed by atoms with Crippen LogP contribution in [0.4, 0.5) is 5.13 Å². The minimum Gasteiger partial charge on any atom is -0.325 e. The van der Waals surface area contributed by atoms with Crippen LogP contribution in [0.15, 0.2) is 5.38 Å². The van der Waals surface area contributed by atoms with Crippen molar-refractivity contribution in [1.29, 1.82) is 0 Å². The normalized spacial score (nSPS) is 11.2. The van der Waals surface area contributed by atoms with Gasteiger partial charge in [0.15, 0.2) is 5.13 Å². The zero-order chi connectivity index (χ0) is 10.8. The molecule has 1 aromatic rings. The maximum Gasteiger partial charge on any atom is 0.236 e. The first-order valence-electron chi connectivity index (χ1n) is 4.12. The van der Waals surface area contributed by atoms with Crippen LogP contribution in [0, 0.1) is 0 Å². The molecular weight excluding hydrogens is 258 g/mol. The lowest BCUT2D eigenvalue weighted by Gasteiger charge is -2.07. The molecule has 0 aliphatic carbocycles. The van der Waals surface area contributed by atoms with Crippen LogP contribution >= 0.6 is 23.7 Å². The largest absolute Gasteiger partial charge is 0.325 e. The van der Waals surface area contributed by atoms with Crippen molar-refractivity contribution in [2.24, 2.45) is 5.73 Å². The predicted molar refractivity (Wildman–Crippen MR) is 64.9 cm³/mol. The molecule has 0 amide bonds. The average Bonchev–Trinajstić information content (AvgIpc) is 2.51. The first kappa shape index (κ1) is 14.6. The van der Waals surface area contributed by atoms with E-state index in [0.29, 0.717) is 17.4 Å². The average molecular weight is 272 g/mol. The molecule has 5 nitrogen and oxygen atoms in total. The van der Waals surface area contributed by atoms with Gasteiger partial charge in [-0.25, -0.2) is 13.4 Å². The zero-order valence-electron chi connectivity index (χ0n) is 8.43. The minimum absolute atomic E-state index is 0. The summed E-state index contributed by atoms with van der Waals surface area (Å²) < 4.78 is 25.2. The van der Waals surface area contributed by atoms with E-state index in [2.05, 4.69) is 9.71 Å². The molecule has 0 atom stereocenters. The molecule has 8 heteroatoms. The van der Waals surface area contributed by atoms with Gasteiger partial charge < -0.3 is 5.73 Å². The van der Waals surface area contributed by atoms with Gasteiger partial charge in [0, 0.05) is 11.9 Å². The lowest BCUT2D eigenvalue weighted by molar-refractivity contribution is 0.592. The summed E-state index contributed by atoms with van der Waals surface area (Å²) in [6.45, 7) is 3.54. The molecular formula is C7H14ClN3O2S2. The van der Waals surface area contributed by atoms with Gasteiger partial charge in [0.2, 0.25) is 10.0 Å². The quantitative estimate of drug-likeness (QED) is 0.861. The Kier molecular flexibility index (Phi) is 5.50. The van der Waals surface area contributed by atoms with Crippen molar-refractivity contribution in [3.05, 3.63) is 11.1 Å². The smallest absolute Gasteiger partial charge is 0.236 e. The minimum atomic E-state index is -3.29. The van der Waals surface area contributed by atoms with Gasteiger partial charge in [-0.1, -0.05) is 0 Å². The van der Waals surface area contributed by atoms with Gasteiger partial charge in [-0.3, -0.25) is 4.72 Å². The van der Waals surface area contributed by atoms with E-state index < -0.39 is 15.3 Å². The number of hydrogen-bond donors (Lipinski definition) is 2. The van der Waals surface area contributed by atoms with E-state index in [1.807, 2.05) is 0 Å². The van der Waals surface area contributed by atoms with Gasteiger partial charge in [0.1, 0.15) is 0 Å². The summed E-state index contributed by atoms with van der Waals surface area (Å²) in [4.78, 5) is 4.00. The molecule has 0 bridgehead atoms. The molecule has 0 unspecified atom stereocenters. The van der Waals surface area contributed by atoms with Crippen LogP contribution in [0.25, 0.3) is 0 Å². The molecule has 0 saturated carbocycles. The fourth-order valence-corrected chi connectivity index (χ4v) is 2.32. The van der Waals surface area contributed by atoms with E-state index in [1.54, 1.807) is 19.2 Å². The van der Waals surface area contributed by atoms with Gasteiger partial charge in [0.25, 0.3) is 0 Å². The standard InChI is InChI=1S/C7H13N3O2S2.ClH/c1-5(2)14(11,12)10-7-9-6(3-8)4-13-7;/h4-5H,3,8H2,1-2H3,(H,9,10);1H. The summed E-state index contributed by atoms with van der Waals surface area (Å²) in [5.41, 5.74) is 6.04. The van der Waals surface area contributed by atoms with Crippen molar-refractivity contribution in [1.82, 2.24) is 4.98 Å². The second-order valence-electron chi connectivity index (χ2n) is 3.04. The highest BCUT2D eigenvalue weighted by atomic mass is 35.5. The van der Waals surface area contributed by atoms with Gasteiger partial charge in [0.05, 0.1) is 10.9 Å². The fraction of sp³-hybridized carbons (Fsp3) is 0.571. The Morgan fingerprint density at radius 2 is 2.20 bits per heavy atom. The summed E-state index contributed by atoms with van der Waals surface area (Å²) in [7, 11) is -3.29. The van der Waals surface area contributed by atoms with Gasteiger partial charge in [-0.2, -0.15) is 0 Å². The first-order chi connectivity index (χ1) is 6.45. The van der Waals surface area contributed by atoms with Crippen LogP contribution < -0.4 is 10.5 Å². The van der Waals surface area contributed by atoms with E-state index in [0.717, 1.165) is 0 Å². The monoisotopic (exact) mass is 271 g/mol. The highest BCUT2D eigenvalue weighted by molar-refractivity contribution is 7.93. The number of nitrogens with zero attached hydrogens (tertiary/aromatic N) is 1. The maximum atomic E-state index is 11.4. The molecule has 0 radical (unpaired) electrons. The lowest BCUT2D eigenvalue weighted by atomic mass is 10.5. The maximum absolute atomic E-state index is 11.4. The van der Waals surface area contributed by atoms with Crippen molar-refractivity contribution in [3.63, 3.8) is 0 Å². The first-order valence-corrected chi connectivity index (χ1v) is 6.54. The van der Waals surface area contributed by atoms with E-state index in [4.69, 9.17) is 5.73 Å². The number of halogens is 1. The number of nitrogens with one attached hydrogen (secondary N) is 1. The van der Waals surface area contributed by atoms with Gasteiger partial charge in [-0.05, 0) is 13.8 Å². The van der Waals surface area contributed by atoms with Crippen LogP contribution in [0.3, 0.4) is 0 Å². The van der Waals surface area contributed by atoms with Crippen molar-refractivity contribution >= 4 is 38.9 Å². The molecule has 88 valence electrons. The Morgan fingerprint density at radius 1 is 1.60 bits per heavy atom. The summed E-state index contributed by atoms with van der Waals surface area (Å²) in [5.74, 6) is 0. The summed E-state index contributed by atoms with van der Waals surface area (Å²) in [5, 5.41) is 1.64. The number of aromatic nitrogens is 1. The molecule has 1 heterocycles. The Morgan fingerprint density at radius 3 is 2.60 bits per heavy atom. The number of rotatable bonds is 4. The highest BCUT2D eigenvalue weighted by Gasteiger charge is 2.16. The summed E-state index contributed by atoms with van der Waals surface area (Å²) in [6.07, 6.45) is 0. The van der Waals surface area contributed by atoms with Crippen LogP contribution in [-0.4, -0.2) is 18.7 Å². The Hall–Kier alpha value is -0.370. The van der Waals surface area contributed by atoms with E-state index >= 15 is 0 Å². The third-order valence-electron chi connectivity index (χ3n) is 1.61. The number of nitrogens with two attached hydrogens (primary N) is 1. The molecule has 1 rings (SSSR count). The summed E-state index contributed by atoms with van der Waals surface area (Å²) in [6, 6.07) is 0. The second kappa shape index (κ2) is 5.64. The highest BCUT2D eigenvalue weighted by Crippen LogP contribution is 2.17. The molecule has 0 fully saturated rings. The Bertz CT molecular complexity index is 402. The molecule has 0 spiro atoms. The van der Waals surface area contributed by atoms with Crippen molar-refractivity contribution < 1.29 is 8.42 Å². The van der Waals surface area contributed by atoms with Crippen molar-refractivity contribution in [2.45, 2.75) is 25.6 Å². The van der Waals surface area contributed by atoms with Gasteiger partial charge >= 0.3 is 0 Å². The number of sulfonamides is 1. The fourth-order valence-electron chi connectivity index (χ4n) is 0.687. The molecule has 0 aliphatic rings. The van der Waals surface area contributed by atoms with E-state index in [9.17, 15) is 8.42 Å². The molecule has 3 N–H and O–H groups in total. The third kappa shape index (κ3) is 3.94. The zero-order valence-corrected chi connectivity index (χ0v) is 10.9. The number of anilines is 1. The molecule has 15 heavy (non-hydrogen) atoms. The van der Waals surface area contributed by atoms with Crippen LogP contribution in [-0.2, 0) is 16.6 Å². The lowest BCUT2D eigenvalue weighted by Crippen LogP contribution is -2.22. The molecule has 0 aromatic carbocycles. The van der Waals surface area contributed by atoms with Crippen LogP contribution in [0.2, 0.25) is 0 Å². The predicted octanol–water partition coefficient (Wildman–Crippen LogP) is 1.17.